The average molecular weight is 189 g/mol. The van der Waals surface area contributed by atoms with E-state index < -0.39 is 0 Å². The molecule has 1 heterocycles. The van der Waals surface area contributed by atoms with Crippen molar-refractivity contribution in [3.05, 3.63) is 28.6 Å². The van der Waals surface area contributed by atoms with Gasteiger partial charge in [-0.15, -0.1) is 0 Å². The Balaban J connectivity index is 3.47. The van der Waals surface area contributed by atoms with Gasteiger partial charge in [0, 0.05) is 17.0 Å². The molecule has 0 aliphatic carbocycles. The number of pyridine rings is 1. The number of aryl methyl sites for hydroxylation is 2. The molecule has 0 N–H and O–H groups in total. The molecule has 0 bridgehead atoms. The highest BCUT2D eigenvalue weighted by atomic mass is 16.1. The van der Waals surface area contributed by atoms with Gasteiger partial charge in [0.05, 0.1) is 0 Å². The van der Waals surface area contributed by atoms with Crippen LogP contribution in [0.3, 0.4) is 0 Å². The number of aromatic nitrogens is 1. The summed E-state index contributed by atoms with van der Waals surface area (Å²) >= 11 is 0. The van der Waals surface area contributed by atoms with Gasteiger partial charge in [0.2, 0.25) is 0 Å². The number of carbonyl (C=O) groups excluding carboxylic acids is 1. The van der Waals surface area contributed by atoms with Crippen LogP contribution in [0.25, 0.3) is 5.57 Å². The van der Waals surface area contributed by atoms with E-state index in [2.05, 4.69) is 11.9 Å². The van der Waals surface area contributed by atoms with E-state index in [1.54, 1.807) is 6.92 Å². The van der Waals surface area contributed by atoms with Crippen LogP contribution in [-0.2, 0) is 11.2 Å². The first kappa shape index (κ1) is 10.7. The highest BCUT2D eigenvalue weighted by Gasteiger charge is 2.08. The fourth-order valence-electron chi connectivity index (χ4n) is 1.69. The lowest BCUT2D eigenvalue weighted by Crippen LogP contribution is -1.99. The summed E-state index contributed by atoms with van der Waals surface area (Å²) in [6.45, 7) is 7.78. The van der Waals surface area contributed by atoms with Gasteiger partial charge in [-0.05, 0) is 44.4 Å². The first-order chi connectivity index (χ1) is 6.60. The molecular weight excluding hydrogens is 174 g/mol. The Morgan fingerprint density at radius 1 is 1.50 bits per heavy atom. The Hall–Kier alpha value is -1.40. The van der Waals surface area contributed by atoms with Crippen LogP contribution in [0.2, 0.25) is 0 Å². The maximum Gasteiger partial charge on any atom is 0.128 e. The number of rotatable bonds is 2. The normalized spacial score (nSPS) is 9.71. The largest absolute Gasteiger partial charge is 0.258 e. The summed E-state index contributed by atoms with van der Waals surface area (Å²) in [6, 6.07) is 1.95. The zero-order chi connectivity index (χ0) is 10.7. The van der Waals surface area contributed by atoms with Gasteiger partial charge in [-0.1, -0.05) is 6.92 Å². The highest BCUT2D eigenvalue weighted by molar-refractivity contribution is 5.87. The lowest BCUT2D eigenvalue weighted by molar-refractivity contribution is 0.569. The SMILES string of the molecule is CCc1c(C(C)=C=O)cc(C)nc1C. The lowest BCUT2D eigenvalue weighted by atomic mass is 9.98. The van der Waals surface area contributed by atoms with Crippen LogP contribution in [-0.4, -0.2) is 10.9 Å². The van der Waals surface area contributed by atoms with Crippen LogP contribution in [0.1, 0.15) is 36.4 Å². The van der Waals surface area contributed by atoms with E-state index >= 15 is 0 Å². The summed E-state index contributed by atoms with van der Waals surface area (Å²) < 4.78 is 0. The summed E-state index contributed by atoms with van der Waals surface area (Å²) in [6.07, 6.45) is 0.896. The molecule has 0 saturated heterocycles. The van der Waals surface area contributed by atoms with Crippen molar-refractivity contribution in [2.45, 2.75) is 34.1 Å². The molecule has 0 saturated carbocycles. The smallest absolute Gasteiger partial charge is 0.128 e. The van der Waals surface area contributed by atoms with E-state index in [1.807, 2.05) is 25.9 Å². The second kappa shape index (κ2) is 4.21. The fourth-order valence-corrected chi connectivity index (χ4v) is 1.69. The van der Waals surface area contributed by atoms with Crippen molar-refractivity contribution < 1.29 is 4.79 Å². The van der Waals surface area contributed by atoms with Crippen molar-refractivity contribution in [3.8, 4) is 0 Å². The zero-order valence-corrected chi connectivity index (χ0v) is 9.14. The molecule has 1 aromatic heterocycles. The predicted molar refractivity (Wildman–Crippen MR) is 57.9 cm³/mol. The number of hydrogen-bond acceptors (Lipinski definition) is 2. The third-order valence-electron chi connectivity index (χ3n) is 2.37. The zero-order valence-electron chi connectivity index (χ0n) is 9.14. The topological polar surface area (TPSA) is 30.0 Å². The molecule has 0 aliphatic rings. The van der Waals surface area contributed by atoms with Gasteiger partial charge < -0.3 is 0 Å². The van der Waals surface area contributed by atoms with Crippen LogP contribution < -0.4 is 0 Å². The maximum atomic E-state index is 10.6. The Morgan fingerprint density at radius 2 is 2.14 bits per heavy atom. The quantitative estimate of drug-likeness (QED) is 0.669. The van der Waals surface area contributed by atoms with E-state index in [4.69, 9.17) is 0 Å². The fraction of sp³-hybridized carbons (Fsp3) is 0.417. The molecule has 0 atom stereocenters. The molecule has 2 heteroatoms. The highest BCUT2D eigenvalue weighted by Crippen LogP contribution is 2.20. The molecule has 2 nitrogen and oxygen atoms in total. The Bertz CT molecular complexity index is 401. The molecular formula is C12H15NO. The first-order valence-electron chi connectivity index (χ1n) is 4.79. The molecule has 74 valence electrons. The molecule has 14 heavy (non-hydrogen) atoms. The lowest BCUT2D eigenvalue weighted by Gasteiger charge is -2.10. The molecule has 0 amide bonds. The van der Waals surface area contributed by atoms with Gasteiger partial charge in [0.25, 0.3) is 0 Å². The monoisotopic (exact) mass is 189 g/mol. The standard InChI is InChI=1S/C12H15NO/c1-5-11-10(4)13-9(3)6-12(11)8(2)7-14/h6H,5H2,1-4H3. The van der Waals surface area contributed by atoms with Crippen molar-refractivity contribution in [1.29, 1.82) is 0 Å². The van der Waals surface area contributed by atoms with Crippen LogP contribution in [0, 0.1) is 13.8 Å². The van der Waals surface area contributed by atoms with E-state index in [0.29, 0.717) is 5.57 Å². The first-order valence-corrected chi connectivity index (χ1v) is 4.79. The van der Waals surface area contributed by atoms with Gasteiger partial charge in [-0.2, -0.15) is 0 Å². The second-order valence-corrected chi connectivity index (χ2v) is 3.46. The Morgan fingerprint density at radius 3 is 2.64 bits per heavy atom. The van der Waals surface area contributed by atoms with Gasteiger partial charge in [-0.25, -0.2) is 4.79 Å². The summed E-state index contributed by atoms with van der Waals surface area (Å²) in [5.41, 5.74) is 4.76. The third kappa shape index (κ3) is 1.91. The summed E-state index contributed by atoms with van der Waals surface area (Å²) in [7, 11) is 0. The second-order valence-electron chi connectivity index (χ2n) is 3.46. The van der Waals surface area contributed by atoms with Crippen LogP contribution in [0.5, 0.6) is 0 Å². The molecule has 0 unspecified atom stereocenters. The molecule has 0 spiro atoms. The minimum absolute atomic E-state index is 0.662. The molecule has 0 aromatic carbocycles. The summed E-state index contributed by atoms with van der Waals surface area (Å²) in [5.74, 6) is 1.95. The minimum atomic E-state index is 0.662. The molecule has 0 fully saturated rings. The Labute approximate surface area is 84.7 Å². The van der Waals surface area contributed by atoms with Crippen LogP contribution in [0.4, 0.5) is 0 Å². The van der Waals surface area contributed by atoms with Crippen LogP contribution >= 0.6 is 0 Å². The van der Waals surface area contributed by atoms with Gasteiger partial charge in [0.15, 0.2) is 0 Å². The van der Waals surface area contributed by atoms with Crippen LogP contribution in [0.15, 0.2) is 6.07 Å². The summed E-state index contributed by atoms with van der Waals surface area (Å²) in [5, 5.41) is 0. The van der Waals surface area contributed by atoms with E-state index in [0.717, 1.165) is 28.9 Å². The van der Waals surface area contributed by atoms with E-state index in [1.165, 1.54) is 0 Å². The van der Waals surface area contributed by atoms with Crippen molar-refractivity contribution in [2.75, 3.05) is 0 Å². The van der Waals surface area contributed by atoms with Crippen molar-refractivity contribution in [2.24, 2.45) is 0 Å². The maximum absolute atomic E-state index is 10.6. The van der Waals surface area contributed by atoms with E-state index in [-0.39, 0.29) is 0 Å². The van der Waals surface area contributed by atoms with Crippen molar-refractivity contribution in [1.82, 2.24) is 4.98 Å². The van der Waals surface area contributed by atoms with Gasteiger partial charge in [0.1, 0.15) is 5.94 Å². The Kier molecular flexibility index (Phi) is 3.21. The molecule has 0 aliphatic heterocycles. The molecule has 0 radical (unpaired) electrons. The minimum Gasteiger partial charge on any atom is -0.258 e. The third-order valence-corrected chi connectivity index (χ3v) is 2.37. The summed E-state index contributed by atoms with van der Waals surface area (Å²) in [4.78, 5) is 15.0. The van der Waals surface area contributed by atoms with Crippen molar-refractivity contribution in [3.63, 3.8) is 0 Å². The number of nitrogens with zero attached hydrogens (tertiary/aromatic N) is 1. The average Bonchev–Trinajstić information content (AvgIpc) is 2.15. The van der Waals surface area contributed by atoms with E-state index in [9.17, 15) is 4.79 Å². The van der Waals surface area contributed by atoms with Gasteiger partial charge >= 0.3 is 0 Å². The van der Waals surface area contributed by atoms with Crippen molar-refractivity contribution >= 4 is 11.5 Å². The molecule has 1 aromatic rings. The number of allylic oxidation sites excluding steroid dienone is 1. The molecule has 1 rings (SSSR count). The predicted octanol–water partition coefficient (Wildman–Crippen LogP) is 2.50. The number of hydrogen-bond donors (Lipinski definition) is 0. The van der Waals surface area contributed by atoms with Gasteiger partial charge in [-0.3, -0.25) is 4.98 Å².